The summed E-state index contributed by atoms with van der Waals surface area (Å²) in [5.41, 5.74) is 7.37. The van der Waals surface area contributed by atoms with E-state index in [1.54, 1.807) is 0 Å². The zero-order chi connectivity index (χ0) is 11.8. The molecule has 0 bridgehead atoms. The molecule has 1 aromatic carbocycles. The van der Waals surface area contributed by atoms with Crippen LogP contribution in [0.2, 0.25) is 0 Å². The van der Waals surface area contributed by atoms with Gasteiger partial charge in [-0.3, -0.25) is 0 Å². The van der Waals surface area contributed by atoms with Gasteiger partial charge in [-0.25, -0.2) is 4.39 Å². The van der Waals surface area contributed by atoms with Crippen molar-refractivity contribution < 1.29 is 4.39 Å². The number of aryl methyl sites for hydroxylation is 1. The molecular formula is C14H20FN. The van der Waals surface area contributed by atoms with Crippen molar-refractivity contribution in [2.45, 2.75) is 26.7 Å². The molecule has 0 saturated heterocycles. The predicted octanol–water partition coefficient (Wildman–Crippen LogP) is 2.99. The van der Waals surface area contributed by atoms with Gasteiger partial charge in [-0.15, -0.1) is 0 Å². The molecule has 0 amide bonds. The van der Waals surface area contributed by atoms with Crippen LogP contribution in [0.1, 0.15) is 25.8 Å². The van der Waals surface area contributed by atoms with Crippen molar-refractivity contribution in [2.75, 3.05) is 6.54 Å². The SMILES string of the molecule is CC1(C)[C@H](CN)[C@H]1CCc1ccc(F)cc1. The van der Waals surface area contributed by atoms with Gasteiger partial charge in [0.1, 0.15) is 5.82 Å². The Hall–Kier alpha value is -0.890. The quantitative estimate of drug-likeness (QED) is 0.831. The molecule has 1 aliphatic rings. The number of halogens is 1. The van der Waals surface area contributed by atoms with Crippen LogP contribution >= 0.6 is 0 Å². The highest BCUT2D eigenvalue weighted by Crippen LogP contribution is 2.59. The van der Waals surface area contributed by atoms with Crippen molar-refractivity contribution >= 4 is 0 Å². The first-order valence-corrected chi connectivity index (χ1v) is 6.00. The molecule has 2 rings (SSSR count). The summed E-state index contributed by atoms with van der Waals surface area (Å²) in [7, 11) is 0. The first-order chi connectivity index (χ1) is 7.55. The average molecular weight is 221 g/mol. The summed E-state index contributed by atoms with van der Waals surface area (Å²) in [5, 5.41) is 0. The van der Waals surface area contributed by atoms with E-state index in [0.29, 0.717) is 11.3 Å². The second-order valence-corrected chi connectivity index (χ2v) is 5.44. The molecule has 1 saturated carbocycles. The lowest BCUT2D eigenvalue weighted by atomic mass is 10.0. The van der Waals surface area contributed by atoms with Gasteiger partial charge in [0.15, 0.2) is 0 Å². The Balaban J connectivity index is 1.87. The monoisotopic (exact) mass is 221 g/mol. The molecule has 0 spiro atoms. The predicted molar refractivity (Wildman–Crippen MR) is 64.5 cm³/mol. The summed E-state index contributed by atoms with van der Waals surface area (Å²) in [6.07, 6.45) is 2.20. The third kappa shape index (κ3) is 2.12. The van der Waals surface area contributed by atoms with Crippen LogP contribution in [0.25, 0.3) is 0 Å². The molecule has 1 fully saturated rings. The number of hydrogen-bond acceptors (Lipinski definition) is 1. The van der Waals surface area contributed by atoms with Gasteiger partial charge in [-0.1, -0.05) is 26.0 Å². The minimum Gasteiger partial charge on any atom is -0.330 e. The maximum atomic E-state index is 12.7. The van der Waals surface area contributed by atoms with E-state index in [9.17, 15) is 4.39 Å². The average Bonchev–Trinajstić information content (AvgIpc) is 2.79. The number of benzene rings is 1. The lowest BCUT2D eigenvalue weighted by Crippen LogP contribution is -2.05. The Morgan fingerprint density at radius 1 is 1.19 bits per heavy atom. The fraction of sp³-hybridized carbons (Fsp3) is 0.571. The van der Waals surface area contributed by atoms with Gasteiger partial charge in [0.05, 0.1) is 0 Å². The van der Waals surface area contributed by atoms with Crippen LogP contribution in [-0.2, 0) is 6.42 Å². The molecule has 2 heteroatoms. The highest BCUT2D eigenvalue weighted by Gasteiger charge is 2.55. The van der Waals surface area contributed by atoms with Crippen molar-refractivity contribution in [1.82, 2.24) is 0 Å². The van der Waals surface area contributed by atoms with Gasteiger partial charge in [0.2, 0.25) is 0 Å². The minimum atomic E-state index is -0.157. The summed E-state index contributed by atoms with van der Waals surface area (Å²) in [4.78, 5) is 0. The summed E-state index contributed by atoms with van der Waals surface area (Å²) in [5.74, 6) is 1.26. The first kappa shape index (κ1) is 11.6. The maximum absolute atomic E-state index is 12.7. The summed E-state index contributed by atoms with van der Waals surface area (Å²) >= 11 is 0. The van der Waals surface area contributed by atoms with E-state index in [0.717, 1.165) is 18.9 Å². The molecule has 0 aliphatic heterocycles. The second-order valence-electron chi connectivity index (χ2n) is 5.44. The van der Waals surface area contributed by atoms with Gasteiger partial charge < -0.3 is 5.73 Å². The largest absolute Gasteiger partial charge is 0.330 e. The van der Waals surface area contributed by atoms with E-state index >= 15 is 0 Å². The Labute approximate surface area is 96.9 Å². The summed E-state index contributed by atoms with van der Waals surface area (Å²) < 4.78 is 12.7. The molecule has 1 aliphatic carbocycles. The van der Waals surface area contributed by atoms with Gasteiger partial charge in [0.25, 0.3) is 0 Å². The van der Waals surface area contributed by atoms with Crippen LogP contribution in [0.3, 0.4) is 0 Å². The van der Waals surface area contributed by atoms with Crippen LogP contribution in [0, 0.1) is 23.1 Å². The lowest BCUT2D eigenvalue weighted by molar-refractivity contribution is 0.522. The van der Waals surface area contributed by atoms with Crippen LogP contribution < -0.4 is 5.73 Å². The fourth-order valence-corrected chi connectivity index (χ4v) is 2.87. The molecule has 1 nitrogen and oxygen atoms in total. The first-order valence-electron chi connectivity index (χ1n) is 6.00. The molecule has 2 atom stereocenters. The Morgan fingerprint density at radius 2 is 1.81 bits per heavy atom. The molecule has 1 aromatic rings. The van der Waals surface area contributed by atoms with E-state index in [4.69, 9.17) is 5.73 Å². The third-order valence-corrected chi connectivity index (χ3v) is 4.20. The van der Waals surface area contributed by atoms with Crippen LogP contribution in [0.4, 0.5) is 4.39 Å². The highest BCUT2D eigenvalue weighted by molar-refractivity contribution is 5.17. The molecule has 16 heavy (non-hydrogen) atoms. The van der Waals surface area contributed by atoms with Crippen molar-refractivity contribution in [3.63, 3.8) is 0 Å². The summed E-state index contributed by atoms with van der Waals surface area (Å²) in [6.45, 7) is 5.38. The van der Waals surface area contributed by atoms with E-state index in [2.05, 4.69) is 13.8 Å². The van der Waals surface area contributed by atoms with E-state index in [1.165, 1.54) is 24.1 Å². The van der Waals surface area contributed by atoms with Crippen LogP contribution in [-0.4, -0.2) is 6.54 Å². The Bertz CT molecular complexity index is 356. The van der Waals surface area contributed by atoms with Gasteiger partial charge in [0, 0.05) is 0 Å². The molecule has 0 aromatic heterocycles. The topological polar surface area (TPSA) is 26.0 Å². The molecule has 2 N–H and O–H groups in total. The van der Waals surface area contributed by atoms with Crippen LogP contribution in [0.15, 0.2) is 24.3 Å². The van der Waals surface area contributed by atoms with Crippen molar-refractivity contribution in [1.29, 1.82) is 0 Å². The normalized spacial score (nSPS) is 26.8. The van der Waals surface area contributed by atoms with Crippen LogP contribution in [0.5, 0.6) is 0 Å². The number of rotatable bonds is 4. The third-order valence-electron chi connectivity index (χ3n) is 4.20. The van der Waals surface area contributed by atoms with E-state index < -0.39 is 0 Å². The zero-order valence-electron chi connectivity index (χ0n) is 10.0. The standard InChI is InChI=1S/C14H20FN/c1-14(2)12(13(14)9-16)8-5-10-3-6-11(15)7-4-10/h3-4,6-7,12-13H,5,8-9,16H2,1-2H3/t12-,13-/m1/s1. The van der Waals surface area contributed by atoms with Gasteiger partial charge in [-0.05, 0) is 54.3 Å². The second kappa shape index (κ2) is 4.17. The van der Waals surface area contributed by atoms with Gasteiger partial charge >= 0.3 is 0 Å². The van der Waals surface area contributed by atoms with Gasteiger partial charge in [-0.2, -0.15) is 0 Å². The van der Waals surface area contributed by atoms with Crippen molar-refractivity contribution in [3.8, 4) is 0 Å². The smallest absolute Gasteiger partial charge is 0.123 e. The number of hydrogen-bond donors (Lipinski definition) is 1. The zero-order valence-corrected chi connectivity index (χ0v) is 10.0. The molecule has 0 radical (unpaired) electrons. The van der Waals surface area contributed by atoms with Crippen molar-refractivity contribution in [2.24, 2.45) is 23.0 Å². The summed E-state index contributed by atoms with van der Waals surface area (Å²) in [6, 6.07) is 6.83. The molecule has 0 heterocycles. The lowest BCUT2D eigenvalue weighted by Gasteiger charge is -2.03. The minimum absolute atomic E-state index is 0.157. The van der Waals surface area contributed by atoms with E-state index in [1.807, 2.05) is 12.1 Å². The maximum Gasteiger partial charge on any atom is 0.123 e. The van der Waals surface area contributed by atoms with Crippen molar-refractivity contribution in [3.05, 3.63) is 35.6 Å². The fourth-order valence-electron chi connectivity index (χ4n) is 2.87. The molecular weight excluding hydrogens is 201 g/mol. The Kier molecular flexibility index (Phi) is 3.02. The highest BCUT2D eigenvalue weighted by atomic mass is 19.1. The number of nitrogens with two attached hydrogens (primary N) is 1. The molecule has 0 unspecified atom stereocenters. The molecule has 88 valence electrons. The van der Waals surface area contributed by atoms with E-state index in [-0.39, 0.29) is 5.82 Å². The Morgan fingerprint density at radius 3 is 2.31 bits per heavy atom.